The number of likely N-dealkylation sites (N-methyl/N-ethyl adjacent to an activating group) is 1. The number of ketones is 1. The second kappa shape index (κ2) is 5.35. The highest BCUT2D eigenvalue weighted by Gasteiger charge is 2.22. The summed E-state index contributed by atoms with van der Waals surface area (Å²) in [4.78, 5) is 13.9. The number of hydrogen-bond donors (Lipinski definition) is 1. The fraction of sp³-hybridized carbons (Fsp3) is 0.900. The molecule has 1 saturated heterocycles. The number of carbonyl (C=O) groups is 1. The van der Waals surface area contributed by atoms with Crippen LogP contribution in [0.1, 0.15) is 19.8 Å². The Morgan fingerprint density at radius 2 is 2.38 bits per heavy atom. The molecule has 1 rings (SSSR count). The van der Waals surface area contributed by atoms with Gasteiger partial charge in [-0.1, -0.05) is 6.92 Å². The third-order valence-electron chi connectivity index (χ3n) is 2.63. The van der Waals surface area contributed by atoms with E-state index in [1.165, 1.54) is 6.42 Å². The zero-order valence-electron chi connectivity index (χ0n) is 8.68. The molecule has 1 unspecified atom stereocenters. The van der Waals surface area contributed by atoms with Crippen molar-refractivity contribution in [3.63, 3.8) is 0 Å². The van der Waals surface area contributed by atoms with Crippen LogP contribution in [0.4, 0.5) is 0 Å². The lowest BCUT2D eigenvalue weighted by Crippen LogP contribution is -2.39. The third-order valence-corrected chi connectivity index (χ3v) is 2.63. The standard InChI is InChI=1S/C10H20N2O/c1-3-11-7-10(13)9-5-4-6-12(2)8-9/h9,11H,3-8H2,1-2H3. The fourth-order valence-corrected chi connectivity index (χ4v) is 1.82. The van der Waals surface area contributed by atoms with E-state index in [0.29, 0.717) is 12.3 Å². The Labute approximate surface area is 80.5 Å². The normalized spacial score (nSPS) is 24.6. The Morgan fingerprint density at radius 3 is 3.00 bits per heavy atom. The average molecular weight is 184 g/mol. The highest BCUT2D eigenvalue weighted by Crippen LogP contribution is 2.15. The van der Waals surface area contributed by atoms with E-state index in [1.807, 2.05) is 6.92 Å². The zero-order valence-corrected chi connectivity index (χ0v) is 8.68. The number of piperidine rings is 1. The monoisotopic (exact) mass is 184 g/mol. The molecular formula is C10H20N2O. The lowest BCUT2D eigenvalue weighted by Gasteiger charge is -2.28. The molecule has 1 aliphatic heterocycles. The van der Waals surface area contributed by atoms with Crippen molar-refractivity contribution in [3.05, 3.63) is 0 Å². The highest BCUT2D eigenvalue weighted by molar-refractivity contribution is 5.83. The van der Waals surface area contributed by atoms with Gasteiger partial charge in [0.2, 0.25) is 0 Å². The first-order valence-corrected chi connectivity index (χ1v) is 5.16. The minimum atomic E-state index is 0.276. The number of likely N-dealkylation sites (tertiary alicyclic amines) is 1. The van der Waals surface area contributed by atoms with Crippen LogP contribution in [-0.4, -0.2) is 43.9 Å². The molecular weight excluding hydrogens is 164 g/mol. The SMILES string of the molecule is CCNCC(=O)C1CCCN(C)C1. The third kappa shape index (κ3) is 3.44. The molecule has 0 aromatic rings. The first-order chi connectivity index (χ1) is 6.24. The number of nitrogens with zero attached hydrogens (tertiary/aromatic N) is 1. The van der Waals surface area contributed by atoms with Gasteiger partial charge in [-0.05, 0) is 33.0 Å². The van der Waals surface area contributed by atoms with E-state index in [1.54, 1.807) is 0 Å². The molecule has 3 nitrogen and oxygen atoms in total. The topological polar surface area (TPSA) is 32.3 Å². The van der Waals surface area contributed by atoms with Crippen molar-refractivity contribution in [1.29, 1.82) is 0 Å². The second-order valence-corrected chi connectivity index (χ2v) is 3.85. The number of rotatable bonds is 4. The Hall–Kier alpha value is -0.410. The summed E-state index contributed by atoms with van der Waals surface area (Å²) >= 11 is 0. The van der Waals surface area contributed by atoms with Crippen molar-refractivity contribution in [2.45, 2.75) is 19.8 Å². The summed E-state index contributed by atoms with van der Waals surface area (Å²) in [6.45, 7) is 5.55. The Kier molecular flexibility index (Phi) is 4.39. The summed E-state index contributed by atoms with van der Waals surface area (Å²) in [6, 6.07) is 0. The zero-order chi connectivity index (χ0) is 9.68. The first-order valence-electron chi connectivity index (χ1n) is 5.16. The number of Topliss-reactive ketones (excluding diaryl/α,β-unsaturated/α-hetero) is 1. The van der Waals surface area contributed by atoms with Gasteiger partial charge in [0, 0.05) is 12.5 Å². The maximum Gasteiger partial charge on any atom is 0.150 e. The van der Waals surface area contributed by atoms with E-state index < -0.39 is 0 Å². The first kappa shape index (κ1) is 10.7. The van der Waals surface area contributed by atoms with E-state index in [0.717, 1.165) is 26.1 Å². The van der Waals surface area contributed by atoms with Crippen molar-refractivity contribution >= 4 is 5.78 Å². The quantitative estimate of drug-likeness (QED) is 0.691. The van der Waals surface area contributed by atoms with Crippen LogP contribution in [0.2, 0.25) is 0 Å². The highest BCUT2D eigenvalue weighted by atomic mass is 16.1. The molecule has 0 bridgehead atoms. The number of nitrogens with one attached hydrogen (secondary N) is 1. The number of carbonyl (C=O) groups excluding carboxylic acids is 1. The molecule has 13 heavy (non-hydrogen) atoms. The van der Waals surface area contributed by atoms with Crippen LogP contribution in [0.5, 0.6) is 0 Å². The summed E-state index contributed by atoms with van der Waals surface area (Å²) < 4.78 is 0. The molecule has 1 aliphatic rings. The summed E-state index contributed by atoms with van der Waals surface area (Å²) in [5, 5.41) is 3.09. The van der Waals surface area contributed by atoms with Crippen LogP contribution in [0, 0.1) is 5.92 Å². The smallest absolute Gasteiger partial charge is 0.150 e. The van der Waals surface area contributed by atoms with Gasteiger partial charge >= 0.3 is 0 Å². The van der Waals surface area contributed by atoms with Gasteiger partial charge in [-0.15, -0.1) is 0 Å². The van der Waals surface area contributed by atoms with E-state index in [4.69, 9.17) is 0 Å². The van der Waals surface area contributed by atoms with Gasteiger partial charge in [-0.2, -0.15) is 0 Å². The van der Waals surface area contributed by atoms with Crippen LogP contribution in [0.15, 0.2) is 0 Å². The van der Waals surface area contributed by atoms with Gasteiger partial charge in [0.25, 0.3) is 0 Å². The van der Waals surface area contributed by atoms with E-state index in [9.17, 15) is 4.79 Å². The van der Waals surface area contributed by atoms with E-state index in [-0.39, 0.29) is 5.92 Å². The molecule has 0 aromatic carbocycles. The maximum atomic E-state index is 11.6. The summed E-state index contributed by atoms with van der Waals surface area (Å²) in [5.74, 6) is 0.659. The average Bonchev–Trinajstić information content (AvgIpc) is 2.14. The van der Waals surface area contributed by atoms with Crippen molar-refractivity contribution in [2.24, 2.45) is 5.92 Å². The molecule has 1 heterocycles. The molecule has 0 saturated carbocycles. The van der Waals surface area contributed by atoms with Crippen molar-refractivity contribution in [3.8, 4) is 0 Å². The Balaban J connectivity index is 2.28. The van der Waals surface area contributed by atoms with Gasteiger partial charge in [0.15, 0.2) is 5.78 Å². The Morgan fingerprint density at radius 1 is 1.62 bits per heavy atom. The molecule has 1 atom stereocenters. The van der Waals surface area contributed by atoms with E-state index in [2.05, 4.69) is 17.3 Å². The predicted octanol–water partition coefficient (Wildman–Crippen LogP) is 0.507. The molecule has 1 N–H and O–H groups in total. The van der Waals surface area contributed by atoms with Crippen molar-refractivity contribution in [1.82, 2.24) is 10.2 Å². The van der Waals surface area contributed by atoms with Gasteiger partial charge in [-0.3, -0.25) is 4.79 Å². The lowest BCUT2D eigenvalue weighted by atomic mass is 9.94. The minimum absolute atomic E-state index is 0.276. The second-order valence-electron chi connectivity index (χ2n) is 3.85. The molecule has 0 spiro atoms. The molecule has 0 radical (unpaired) electrons. The molecule has 0 amide bonds. The summed E-state index contributed by atoms with van der Waals surface area (Å²) in [5.41, 5.74) is 0. The molecule has 3 heteroatoms. The predicted molar refractivity (Wildman–Crippen MR) is 53.8 cm³/mol. The van der Waals surface area contributed by atoms with Crippen LogP contribution < -0.4 is 5.32 Å². The van der Waals surface area contributed by atoms with Crippen LogP contribution in [-0.2, 0) is 4.79 Å². The molecule has 0 aromatic heterocycles. The molecule has 1 fully saturated rings. The fourth-order valence-electron chi connectivity index (χ4n) is 1.82. The number of hydrogen-bond acceptors (Lipinski definition) is 3. The van der Waals surface area contributed by atoms with Gasteiger partial charge in [-0.25, -0.2) is 0 Å². The van der Waals surface area contributed by atoms with Gasteiger partial charge < -0.3 is 10.2 Å². The molecule has 0 aliphatic carbocycles. The maximum absolute atomic E-state index is 11.6. The van der Waals surface area contributed by atoms with Crippen LogP contribution in [0.25, 0.3) is 0 Å². The van der Waals surface area contributed by atoms with E-state index >= 15 is 0 Å². The van der Waals surface area contributed by atoms with Crippen molar-refractivity contribution in [2.75, 3.05) is 33.2 Å². The summed E-state index contributed by atoms with van der Waals surface area (Å²) in [7, 11) is 2.09. The molecule has 76 valence electrons. The van der Waals surface area contributed by atoms with Gasteiger partial charge in [0.05, 0.1) is 6.54 Å². The van der Waals surface area contributed by atoms with Crippen molar-refractivity contribution < 1.29 is 4.79 Å². The van der Waals surface area contributed by atoms with Crippen LogP contribution in [0.3, 0.4) is 0 Å². The minimum Gasteiger partial charge on any atom is -0.310 e. The van der Waals surface area contributed by atoms with Gasteiger partial charge in [0.1, 0.15) is 0 Å². The Bertz CT molecular complexity index is 170. The van der Waals surface area contributed by atoms with Crippen LogP contribution >= 0.6 is 0 Å². The summed E-state index contributed by atoms with van der Waals surface area (Å²) in [6.07, 6.45) is 2.24. The largest absolute Gasteiger partial charge is 0.310 e. The lowest BCUT2D eigenvalue weighted by molar-refractivity contribution is -0.123.